The Morgan fingerprint density at radius 3 is 2.60 bits per heavy atom. The number of sulfonamides is 1. The van der Waals surface area contributed by atoms with Gasteiger partial charge in [-0.15, -0.1) is 0 Å². The maximum Gasteiger partial charge on any atom is 0.211 e. The molecule has 2 fully saturated rings. The second-order valence-electron chi connectivity index (χ2n) is 6.75. The summed E-state index contributed by atoms with van der Waals surface area (Å²) in [6.45, 7) is 7.02. The lowest BCUT2D eigenvalue weighted by molar-refractivity contribution is 0.245. The average Bonchev–Trinajstić information content (AvgIpc) is 2.76. The molecule has 4 unspecified atom stereocenters. The van der Waals surface area contributed by atoms with Crippen LogP contribution in [0.2, 0.25) is 0 Å². The van der Waals surface area contributed by atoms with Crippen LogP contribution >= 0.6 is 0 Å². The number of hydrogen-bond donors (Lipinski definition) is 1. The lowest BCUT2D eigenvalue weighted by atomic mass is 9.93. The van der Waals surface area contributed by atoms with Gasteiger partial charge in [-0.1, -0.05) is 20.3 Å². The van der Waals surface area contributed by atoms with Gasteiger partial charge in [-0.2, -0.15) is 0 Å². The van der Waals surface area contributed by atoms with Gasteiger partial charge >= 0.3 is 0 Å². The minimum absolute atomic E-state index is 0.478. The molecular weight excluding hydrogens is 272 g/mol. The van der Waals surface area contributed by atoms with Crippen LogP contribution in [-0.2, 0) is 10.0 Å². The number of rotatable bonds is 5. The van der Waals surface area contributed by atoms with Crippen molar-refractivity contribution in [3.63, 3.8) is 0 Å². The third-order valence-electron chi connectivity index (χ3n) is 5.37. The van der Waals surface area contributed by atoms with Crippen molar-refractivity contribution in [1.82, 2.24) is 9.62 Å². The van der Waals surface area contributed by atoms with Crippen molar-refractivity contribution in [1.29, 1.82) is 0 Å². The minimum Gasteiger partial charge on any atom is -0.313 e. The van der Waals surface area contributed by atoms with Crippen LogP contribution in [0.25, 0.3) is 0 Å². The van der Waals surface area contributed by atoms with E-state index < -0.39 is 10.0 Å². The number of nitrogens with one attached hydrogen (secondary N) is 1. The molecule has 0 aromatic carbocycles. The van der Waals surface area contributed by atoms with Gasteiger partial charge in [-0.3, -0.25) is 0 Å². The number of piperidine rings is 1. The van der Waals surface area contributed by atoms with Crippen molar-refractivity contribution in [2.45, 2.75) is 52.0 Å². The molecule has 5 heteroatoms. The lowest BCUT2D eigenvalue weighted by Crippen LogP contribution is -2.44. The Labute approximate surface area is 124 Å². The smallest absolute Gasteiger partial charge is 0.211 e. The van der Waals surface area contributed by atoms with E-state index in [-0.39, 0.29) is 0 Å². The van der Waals surface area contributed by atoms with E-state index in [1.165, 1.54) is 25.5 Å². The molecule has 0 bridgehead atoms. The maximum atomic E-state index is 11.6. The maximum absolute atomic E-state index is 11.6. The zero-order valence-corrected chi connectivity index (χ0v) is 14.0. The van der Waals surface area contributed by atoms with E-state index in [9.17, 15) is 8.42 Å². The van der Waals surface area contributed by atoms with E-state index in [1.54, 1.807) is 4.31 Å². The quantitative estimate of drug-likeness (QED) is 0.846. The van der Waals surface area contributed by atoms with E-state index in [0.717, 1.165) is 31.2 Å². The van der Waals surface area contributed by atoms with Gasteiger partial charge < -0.3 is 5.32 Å². The first kappa shape index (κ1) is 16.2. The third kappa shape index (κ3) is 3.95. The largest absolute Gasteiger partial charge is 0.313 e. The van der Waals surface area contributed by atoms with Crippen LogP contribution in [0, 0.1) is 17.8 Å². The molecular formula is C15H30N2O2S. The van der Waals surface area contributed by atoms with Gasteiger partial charge in [0.05, 0.1) is 6.26 Å². The van der Waals surface area contributed by atoms with Gasteiger partial charge in [0.15, 0.2) is 0 Å². The van der Waals surface area contributed by atoms with Gasteiger partial charge in [0.25, 0.3) is 0 Å². The number of nitrogens with zero attached hydrogens (tertiary/aromatic N) is 1. The van der Waals surface area contributed by atoms with Crippen LogP contribution in [0.5, 0.6) is 0 Å². The van der Waals surface area contributed by atoms with Gasteiger partial charge in [0.1, 0.15) is 0 Å². The van der Waals surface area contributed by atoms with Crippen LogP contribution in [-0.4, -0.2) is 44.7 Å². The summed E-state index contributed by atoms with van der Waals surface area (Å²) in [4.78, 5) is 0. The zero-order chi connectivity index (χ0) is 14.8. The van der Waals surface area contributed by atoms with E-state index in [0.29, 0.717) is 25.0 Å². The molecule has 4 atom stereocenters. The van der Waals surface area contributed by atoms with Gasteiger partial charge in [0, 0.05) is 19.1 Å². The van der Waals surface area contributed by atoms with E-state index in [4.69, 9.17) is 0 Å². The first-order chi connectivity index (χ1) is 9.41. The topological polar surface area (TPSA) is 49.4 Å². The highest BCUT2D eigenvalue weighted by Crippen LogP contribution is 2.34. The molecule has 1 aliphatic heterocycles. The highest BCUT2D eigenvalue weighted by molar-refractivity contribution is 7.88. The molecule has 1 heterocycles. The summed E-state index contributed by atoms with van der Waals surface area (Å²) >= 11 is 0. The predicted octanol–water partition coefficient (Wildman–Crippen LogP) is 2.07. The van der Waals surface area contributed by atoms with Crippen LogP contribution < -0.4 is 5.32 Å². The average molecular weight is 302 g/mol. The Kier molecular flexibility index (Phi) is 5.49. The Bertz CT molecular complexity index is 410. The summed E-state index contributed by atoms with van der Waals surface area (Å²) in [6, 6.07) is 0.633. The van der Waals surface area contributed by atoms with Crippen LogP contribution in [0.4, 0.5) is 0 Å². The zero-order valence-electron chi connectivity index (χ0n) is 13.1. The molecule has 0 aromatic rings. The highest BCUT2D eigenvalue weighted by atomic mass is 32.2. The Morgan fingerprint density at radius 1 is 1.25 bits per heavy atom. The SMILES string of the molecule is CCC1CCC(NCC2CCCN(S(C)(=O)=O)C2)C1C. The molecule has 2 aliphatic rings. The summed E-state index contributed by atoms with van der Waals surface area (Å²) < 4.78 is 24.9. The van der Waals surface area contributed by atoms with Gasteiger partial charge in [-0.25, -0.2) is 12.7 Å². The summed E-state index contributed by atoms with van der Waals surface area (Å²) in [5.41, 5.74) is 0. The fourth-order valence-electron chi connectivity index (χ4n) is 3.92. The molecule has 0 aromatic heterocycles. The van der Waals surface area contributed by atoms with Crippen LogP contribution in [0.3, 0.4) is 0 Å². The highest BCUT2D eigenvalue weighted by Gasteiger charge is 2.32. The first-order valence-corrected chi connectivity index (χ1v) is 9.95. The van der Waals surface area contributed by atoms with Crippen molar-refractivity contribution in [2.75, 3.05) is 25.9 Å². The van der Waals surface area contributed by atoms with Crippen molar-refractivity contribution < 1.29 is 8.42 Å². The van der Waals surface area contributed by atoms with Crippen molar-refractivity contribution in [2.24, 2.45) is 17.8 Å². The van der Waals surface area contributed by atoms with Gasteiger partial charge in [0.2, 0.25) is 10.0 Å². The fourth-order valence-corrected chi connectivity index (χ4v) is 4.87. The standard InChI is InChI=1S/C15H30N2O2S/c1-4-14-7-8-15(12(14)2)16-10-13-6-5-9-17(11-13)20(3,18)19/h12-16H,4-11H2,1-3H3. The Morgan fingerprint density at radius 2 is 2.00 bits per heavy atom. The summed E-state index contributed by atoms with van der Waals surface area (Å²) in [5.74, 6) is 2.10. The van der Waals surface area contributed by atoms with E-state index in [2.05, 4.69) is 19.2 Å². The van der Waals surface area contributed by atoms with Crippen LogP contribution in [0.15, 0.2) is 0 Å². The molecule has 0 radical (unpaired) electrons. The van der Waals surface area contributed by atoms with Gasteiger partial charge in [-0.05, 0) is 50.0 Å². The minimum atomic E-state index is -3.01. The van der Waals surface area contributed by atoms with Crippen LogP contribution in [0.1, 0.15) is 46.0 Å². The summed E-state index contributed by atoms with van der Waals surface area (Å²) in [6.07, 6.45) is 7.38. The molecule has 20 heavy (non-hydrogen) atoms. The molecule has 1 N–H and O–H groups in total. The Hall–Kier alpha value is -0.130. The van der Waals surface area contributed by atoms with Crippen molar-refractivity contribution in [3.8, 4) is 0 Å². The molecule has 1 aliphatic carbocycles. The monoisotopic (exact) mass is 302 g/mol. The van der Waals surface area contributed by atoms with E-state index >= 15 is 0 Å². The molecule has 4 nitrogen and oxygen atoms in total. The summed E-state index contributed by atoms with van der Waals surface area (Å²) in [5, 5.41) is 3.72. The normalized spacial score (nSPS) is 36.4. The Balaban J connectivity index is 1.80. The molecule has 118 valence electrons. The second kappa shape index (κ2) is 6.75. The predicted molar refractivity (Wildman–Crippen MR) is 83.1 cm³/mol. The molecule has 1 saturated carbocycles. The molecule has 2 rings (SSSR count). The van der Waals surface area contributed by atoms with Crippen molar-refractivity contribution in [3.05, 3.63) is 0 Å². The third-order valence-corrected chi connectivity index (χ3v) is 6.64. The fraction of sp³-hybridized carbons (Fsp3) is 1.00. The van der Waals surface area contributed by atoms with E-state index in [1.807, 2.05) is 0 Å². The number of hydrogen-bond acceptors (Lipinski definition) is 3. The van der Waals surface area contributed by atoms with Crippen molar-refractivity contribution >= 4 is 10.0 Å². The lowest BCUT2D eigenvalue weighted by Gasteiger charge is -2.32. The molecule has 0 amide bonds. The second-order valence-corrected chi connectivity index (χ2v) is 8.73. The first-order valence-electron chi connectivity index (χ1n) is 8.10. The molecule has 0 spiro atoms. The molecule has 1 saturated heterocycles. The summed E-state index contributed by atoms with van der Waals surface area (Å²) in [7, 11) is -3.01.